The zero-order valence-electron chi connectivity index (χ0n) is 14.4. The molecule has 2 amide bonds. The van der Waals surface area contributed by atoms with Gasteiger partial charge in [-0.05, 0) is 24.3 Å². The first-order chi connectivity index (χ1) is 11.7. The van der Waals surface area contributed by atoms with Gasteiger partial charge in [-0.2, -0.15) is 0 Å². The van der Waals surface area contributed by atoms with Crippen LogP contribution in [-0.2, 0) is 16.8 Å². The average Bonchev–Trinajstić information content (AvgIpc) is 3.03. The quantitative estimate of drug-likeness (QED) is 0.565. The number of rotatable bonds is 5. The van der Waals surface area contributed by atoms with Crippen molar-refractivity contribution in [3.05, 3.63) is 52.5 Å². The molecule has 3 N–H and O–H groups in total. The fourth-order valence-electron chi connectivity index (χ4n) is 1.98. The third-order valence-electron chi connectivity index (χ3n) is 3.41. The molecule has 0 bridgehead atoms. The summed E-state index contributed by atoms with van der Waals surface area (Å²) in [6, 6.07) is 4.27. The van der Waals surface area contributed by atoms with Crippen molar-refractivity contribution in [3.8, 4) is 5.75 Å². The highest BCUT2D eigenvalue weighted by molar-refractivity contribution is 7.09. The molecular formula is C18H21N3O3S. The third-order valence-corrected chi connectivity index (χ3v) is 4.26. The number of carbonyl (C=O) groups is 2. The average molecular weight is 359 g/mol. The van der Waals surface area contributed by atoms with E-state index in [4.69, 9.17) is 0 Å². The Morgan fingerprint density at radius 1 is 1.36 bits per heavy atom. The minimum Gasteiger partial charge on any atom is -0.507 e. The zero-order chi connectivity index (χ0) is 18.6. The van der Waals surface area contributed by atoms with Crippen molar-refractivity contribution < 1.29 is 14.7 Å². The lowest BCUT2D eigenvalue weighted by molar-refractivity contribution is -0.111. The van der Waals surface area contributed by atoms with Crippen molar-refractivity contribution in [2.45, 2.75) is 32.7 Å². The van der Waals surface area contributed by atoms with E-state index in [1.807, 2.05) is 5.38 Å². The largest absolute Gasteiger partial charge is 0.507 e. The van der Waals surface area contributed by atoms with E-state index in [-0.39, 0.29) is 23.3 Å². The molecule has 0 spiro atoms. The normalized spacial score (nSPS) is 11.0. The SMILES string of the molecule is C=CC(=O)Nc1ccc(O)c(C(=O)NCc2nc(C(C)(C)C)cs2)c1. The summed E-state index contributed by atoms with van der Waals surface area (Å²) < 4.78 is 0. The maximum Gasteiger partial charge on any atom is 0.255 e. The maximum absolute atomic E-state index is 12.3. The highest BCUT2D eigenvalue weighted by Gasteiger charge is 2.18. The summed E-state index contributed by atoms with van der Waals surface area (Å²) in [5.41, 5.74) is 1.40. The number of aromatic nitrogens is 1. The summed E-state index contributed by atoms with van der Waals surface area (Å²) in [4.78, 5) is 28.2. The number of phenols is 1. The molecule has 0 radical (unpaired) electrons. The van der Waals surface area contributed by atoms with E-state index in [1.54, 1.807) is 0 Å². The second-order valence-corrected chi connectivity index (χ2v) is 7.43. The smallest absolute Gasteiger partial charge is 0.255 e. The highest BCUT2D eigenvalue weighted by Crippen LogP contribution is 2.24. The summed E-state index contributed by atoms with van der Waals surface area (Å²) in [6.45, 7) is 9.86. The Kier molecular flexibility index (Phi) is 5.58. The Balaban J connectivity index is 2.07. The topological polar surface area (TPSA) is 91.3 Å². The Morgan fingerprint density at radius 2 is 2.08 bits per heavy atom. The van der Waals surface area contributed by atoms with Gasteiger partial charge in [0.1, 0.15) is 10.8 Å². The van der Waals surface area contributed by atoms with Gasteiger partial charge in [-0.25, -0.2) is 4.98 Å². The number of nitrogens with zero attached hydrogens (tertiary/aromatic N) is 1. The summed E-state index contributed by atoms with van der Waals surface area (Å²) in [6.07, 6.45) is 1.13. The van der Waals surface area contributed by atoms with E-state index in [0.717, 1.165) is 16.8 Å². The van der Waals surface area contributed by atoms with Crippen LogP contribution in [0.3, 0.4) is 0 Å². The van der Waals surface area contributed by atoms with Gasteiger partial charge in [-0.15, -0.1) is 11.3 Å². The van der Waals surface area contributed by atoms with Gasteiger partial charge in [-0.3, -0.25) is 9.59 Å². The number of hydrogen-bond donors (Lipinski definition) is 3. The molecule has 2 aromatic rings. The first-order valence-corrected chi connectivity index (χ1v) is 8.58. The number of nitrogens with one attached hydrogen (secondary N) is 2. The Labute approximate surface area is 150 Å². The molecule has 2 rings (SSSR count). The molecule has 0 unspecified atom stereocenters. The molecule has 0 aliphatic carbocycles. The molecule has 0 aliphatic heterocycles. The Hall–Kier alpha value is -2.67. The summed E-state index contributed by atoms with van der Waals surface area (Å²) in [5, 5.41) is 17.9. The number of hydrogen-bond acceptors (Lipinski definition) is 5. The first-order valence-electron chi connectivity index (χ1n) is 7.70. The number of aromatic hydroxyl groups is 1. The number of thiazole rings is 1. The lowest BCUT2D eigenvalue weighted by Crippen LogP contribution is -2.23. The standard InChI is InChI=1S/C18H21N3O3S/c1-5-15(23)20-11-6-7-13(22)12(8-11)17(24)19-9-16-21-14(10-25-16)18(2,3)4/h5-8,10,22H,1,9H2,2-4H3,(H,19,24)(H,20,23). The summed E-state index contributed by atoms with van der Waals surface area (Å²) in [5.74, 6) is -1.00. The van der Waals surface area contributed by atoms with Crippen LogP contribution >= 0.6 is 11.3 Å². The number of anilines is 1. The molecule has 0 saturated heterocycles. The molecule has 0 fully saturated rings. The monoisotopic (exact) mass is 359 g/mol. The number of phenolic OH excluding ortho intramolecular Hbond substituents is 1. The van der Waals surface area contributed by atoms with Gasteiger partial charge >= 0.3 is 0 Å². The minimum atomic E-state index is -0.445. The summed E-state index contributed by atoms with van der Waals surface area (Å²) >= 11 is 1.48. The molecule has 0 atom stereocenters. The van der Waals surface area contributed by atoms with Crippen molar-refractivity contribution in [1.82, 2.24) is 10.3 Å². The lowest BCUT2D eigenvalue weighted by Gasteiger charge is -2.14. The van der Waals surface area contributed by atoms with Gasteiger partial charge in [0.05, 0.1) is 17.8 Å². The van der Waals surface area contributed by atoms with Gasteiger partial charge in [-0.1, -0.05) is 27.4 Å². The second kappa shape index (κ2) is 7.48. The first kappa shape index (κ1) is 18.7. The van der Waals surface area contributed by atoms with Crippen LogP contribution in [0.4, 0.5) is 5.69 Å². The van der Waals surface area contributed by atoms with Crippen molar-refractivity contribution in [2.75, 3.05) is 5.32 Å². The van der Waals surface area contributed by atoms with Crippen LogP contribution < -0.4 is 10.6 Å². The molecule has 0 aliphatic rings. The fourth-order valence-corrected chi connectivity index (χ4v) is 2.94. The molecule has 25 heavy (non-hydrogen) atoms. The van der Waals surface area contributed by atoms with Crippen LogP contribution in [0.5, 0.6) is 5.75 Å². The van der Waals surface area contributed by atoms with Crippen molar-refractivity contribution in [3.63, 3.8) is 0 Å². The minimum absolute atomic E-state index is 0.0469. The van der Waals surface area contributed by atoms with E-state index >= 15 is 0 Å². The molecule has 1 aromatic carbocycles. The summed E-state index contributed by atoms with van der Waals surface area (Å²) in [7, 11) is 0. The van der Waals surface area contributed by atoms with Crippen LogP contribution in [0.1, 0.15) is 41.8 Å². The number of carbonyl (C=O) groups excluding carboxylic acids is 2. The van der Waals surface area contributed by atoms with Gasteiger partial charge in [0.15, 0.2) is 0 Å². The molecule has 1 heterocycles. The molecule has 132 valence electrons. The molecule has 0 saturated carbocycles. The third kappa shape index (κ3) is 4.90. The van der Waals surface area contributed by atoms with Crippen molar-refractivity contribution in [2.24, 2.45) is 0 Å². The highest BCUT2D eigenvalue weighted by atomic mass is 32.1. The Morgan fingerprint density at radius 3 is 2.68 bits per heavy atom. The van der Waals surface area contributed by atoms with Gasteiger partial charge < -0.3 is 15.7 Å². The maximum atomic E-state index is 12.3. The van der Waals surface area contributed by atoms with E-state index in [1.165, 1.54) is 29.5 Å². The van der Waals surface area contributed by atoms with Crippen LogP contribution in [0.25, 0.3) is 0 Å². The van der Waals surface area contributed by atoms with Gasteiger partial charge in [0, 0.05) is 16.5 Å². The van der Waals surface area contributed by atoms with E-state index < -0.39 is 11.8 Å². The van der Waals surface area contributed by atoms with Gasteiger partial charge in [0.2, 0.25) is 5.91 Å². The van der Waals surface area contributed by atoms with Crippen molar-refractivity contribution in [1.29, 1.82) is 0 Å². The number of amides is 2. The molecule has 7 heteroatoms. The molecule has 6 nitrogen and oxygen atoms in total. The van der Waals surface area contributed by atoms with Crippen LogP contribution in [0.15, 0.2) is 36.2 Å². The van der Waals surface area contributed by atoms with Gasteiger partial charge in [0.25, 0.3) is 5.91 Å². The van der Waals surface area contributed by atoms with Crippen LogP contribution in [0, 0.1) is 0 Å². The fraction of sp³-hybridized carbons (Fsp3) is 0.278. The van der Waals surface area contributed by atoms with E-state index in [2.05, 4.69) is 43.0 Å². The van der Waals surface area contributed by atoms with Crippen LogP contribution in [-0.4, -0.2) is 21.9 Å². The van der Waals surface area contributed by atoms with Crippen LogP contribution in [0.2, 0.25) is 0 Å². The lowest BCUT2D eigenvalue weighted by atomic mass is 9.93. The van der Waals surface area contributed by atoms with Crippen molar-refractivity contribution >= 4 is 28.8 Å². The van der Waals surface area contributed by atoms with E-state index in [0.29, 0.717) is 5.69 Å². The Bertz CT molecular complexity index is 806. The molecular weight excluding hydrogens is 338 g/mol. The second-order valence-electron chi connectivity index (χ2n) is 6.48. The van der Waals surface area contributed by atoms with E-state index in [9.17, 15) is 14.7 Å². The predicted molar refractivity (Wildman–Crippen MR) is 98.9 cm³/mol. The zero-order valence-corrected chi connectivity index (χ0v) is 15.2. The molecule has 1 aromatic heterocycles. The number of benzene rings is 1. The predicted octanol–water partition coefficient (Wildman–Crippen LogP) is 3.20.